The van der Waals surface area contributed by atoms with E-state index in [-0.39, 0.29) is 0 Å². The smallest absolute Gasteiger partial charge is 0.231 e. The summed E-state index contributed by atoms with van der Waals surface area (Å²) >= 11 is 0. The third kappa shape index (κ3) is 2.10. The van der Waals surface area contributed by atoms with Crippen LogP contribution in [0.2, 0.25) is 0 Å². The zero-order valence-corrected chi connectivity index (χ0v) is 10.9. The molecule has 3 aromatic rings. The molecule has 96 valence electrons. The molecule has 2 N–H and O–H groups in total. The van der Waals surface area contributed by atoms with Crippen LogP contribution in [0.15, 0.2) is 42.6 Å². The third-order valence-electron chi connectivity index (χ3n) is 2.75. The molecule has 5 nitrogen and oxygen atoms in total. The van der Waals surface area contributed by atoms with Crippen molar-refractivity contribution in [3.8, 4) is 5.95 Å². The minimum absolute atomic E-state index is 0.693. The van der Waals surface area contributed by atoms with Crippen LogP contribution in [0.3, 0.4) is 0 Å². The van der Waals surface area contributed by atoms with Gasteiger partial charge in [0.05, 0.1) is 16.7 Å². The van der Waals surface area contributed by atoms with Crippen molar-refractivity contribution in [1.29, 1.82) is 0 Å². The molecule has 0 saturated carbocycles. The second kappa shape index (κ2) is 4.28. The first kappa shape index (κ1) is 11.5. The summed E-state index contributed by atoms with van der Waals surface area (Å²) in [5, 5.41) is 7.63. The molecule has 0 aliphatic heterocycles. The lowest BCUT2D eigenvalue weighted by atomic mass is 10.3. The summed E-state index contributed by atoms with van der Waals surface area (Å²) in [4.78, 5) is 7.80. The molecule has 0 saturated heterocycles. The van der Waals surface area contributed by atoms with E-state index >= 15 is 0 Å². The predicted octanol–water partition coefficient (Wildman–Crippen LogP) is 3.00. The van der Waals surface area contributed by atoms with Gasteiger partial charge in [0, 0.05) is 11.8 Å². The van der Waals surface area contributed by atoms with Gasteiger partial charge in [-0.2, -0.15) is 9.78 Å². The quantitative estimate of drug-likeness (QED) is 0.754. The van der Waals surface area contributed by atoms with Gasteiger partial charge in [0.2, 0.25) is 5.95 Å². The first-order chi connectivity index (χ1) is 9.13. The average molecular weight is 253 g/mol. The fourth-order valence-electron chi connectivity index (χ4n) is 2.01. The van der Waals surface area contributed by atoms with E-state index in [1.54, 1.807) is 4.68 Å². The normalized spacial score (nSPS) is 10.8. The van der Waals surface area contributed by atoms with Crippen LogP contribution >= 0.6 is 0 Å². The number of hydrogen-bond acceptors (Lipinski definition) is 3. The molecule has 0 atom stereocenters. The maximum absolute atomic E-state index is 4.54. The van der Waals surface area contributed by atoms with Gasteiger partial charge in [0.1, 0.15) is 5.82 Å². The lowest BCUT2D eigenvalue weighted by Gasteiger charge is -2.06. The molecule has 3 rings (SSSR count). The van der Waals surface area contributed by atoms with Gasteiger partial charge in [-0.3, -0.25) is 0 Å². The molecule has 19 heavy (non-hydrogen) atoms. The summed E-state index contributed by atoms with van der Waals surface area (Å²) < 4.78 is 1.75. The number of aryl methyl sites for hydroxylation is 1. The SMILES string of the molecule is C=C(C)Nc1cc(C)nn1-c1nc2ccccc2[nH]1. The molecule has 0 fully saturated rings. The highest BCUT2D eigenvalue weighted by Crippen LogP contribution is 2.19. The zero-order chi connectivity index (χ0) is 13.4. The molecule has 1 aromatic carbocycles. The first-order valence-corrected chi connectivity index (χ1v) is 6.08. The maximum Gasteiger partial charge on any atom is 0.231 e. The van der Waals surface area contributed by atoms with Crippen LogP contribution in [-0.4, -0.2) is 19.7 Å². The molecule has 0 aliphatic rings. The summed E-state index contributed by atoms with van der Waals surface area (Å²) in [6, 6.07) is 9.87. The Morgan fingerprint density at radius 3 is 2.89 bits per heavy atom. The Morgan fingerprint density at radius 2 is 2.16 bits per heavy atom. The summed E-state index contributed by atoms with van der Waals surface area (Å²) in [6.45, 7) is 7.71. The number of H-pyrrole nitrogens is 1. The number of anilines is 1. The number of aromatic nitrogens is 4. The largest absolute Gasteiger partial charge is 0.344 e. The molecule has 2 aromatic heterocycles. The van der Waals surface area contributed by atoms with Gasteiger partial charge in [-0.15, -0.1) is 0 Å². The first-order valence-electron chi connectivity index (χ1n) is 6.08. The highest BCUT2D eigenvalue weighted by atomic mass is 15.4. The minimum Gasteiger partial charge on any atom is -0.344 e. The van der Waals surface area contributed by atoms with E-state index in [4.69, 9.17) is 0 Å². The number of benzene rings is 1. The number of rotatable bonds is 3. The Hall–Kier alpha value is -2.56. The fourth-order valence-corrected chi connectivity index (χ4v) is 2.01. The van der Waals surface area contributed by atoms with Gasteiger partial charge in [0.15, 0.2) is 0 Å². The predicted molar refractivity (Wildman–Crippen MR) is 76.4 cm³/mol. The fraction of sp³-hybridized carbons (Fsp3) is 0.143. The maximum atomic E-state index is 4.54. The average Bonchev–Trinajstić information content (AvgIpc) is 2.91. The number of aromatic amines is 1. The zero-order valence-electron chi connectivity index (χ0n) is 10.9. The topological polar surface area (TPSA) is 58.5 Å². The van der Waals surface area contributed by atoms with Crippen molar-refractivity contribution in [1.82, 2.24) is 19.7 Å². The summed E-state index contributed by atoms with van der Waals surface area (Å²) in [7, 11) is 0. The van der Waals surface area contributed by atoms with Gasteiger partial charge in [-0.25, -0.2) is 4.98 Å². The standard InChI is InChI=1S/C14H15N5/c1-9(2)15-13-8-10(3)18-19(13)14-16-11-6-4-5-7-12(11)17-14/h4-8,15H,1H2,2-3H3,(H,16,17). The number of nitrogens with zero attached hydrogens (tertiary/aromatic N) is 3. The van der Waals surface area contributed by atoms with Crippen molar-refractivity contribution < 1.29 is 0 Å². The number of hydrogen-bond donors (Lipinski definition) is 2. The van der Waals surface area contributed by atoms with Crippen LogP contribution in [-0.2, 0) is 0 Å². The number of imidazole rings is 1. The van der Waals surface area contributed by atoms with Crippen LogP contribution in [0, 0.1) is 6.92 Å². The monoisotopic (exact) mass is 253 g/mol. The minimum atomic E-state index is 0.693. The van der Waals surface area contributed by atoms with Crippen molar-refractivity contribution in [2.75, 3.05) is 5.32 Å². The summed E-state index contributed by atoms with van der Waals surface area (Å²) in [6.07, 6.45) is 0. The van der Waals surface area contributed by atoms with Crippen LogP contribution < -0.4 is 5.32 Å². The van der Waals surface area contributed by atoms with Gasteiger partial charge in [-0.05, 0) is 26.0 Å². The van der Waals surface area contributed by atoms with E-state index < -0.39 is 0 Å². The highest BCUT2D eigenvalue weighted by molar-refractivity contribution is 5.76. The lowest BCUT2D eigenvalue weighted by Crippen LogP contribution is -2.05. The van der Waals surface area contributed by atoms with Crippen molar-refractivity contribution in [2.45, 2.75) is 13.8 Å². The second-order valence-electron chi connectivity index (χ2n) is 4.57. The lowest BCUT2D eigenvalue weighted by molar-refractivity contribution is 0.821. The molecule has 5 heteroatoms. The van der Waals surface area contributed by atoms with Crippen LogP contribution in [0.1, 0.15) is 12.6 Å². The van der Waals surface area contributed by atoms with Crippen LogP contribution in [0.5, 0.6) is 0 Å². The van der Waals surface area contributed by atoms with E-state index in [0.717, 1.165) is 28.2 Å². The van der Waals surface area contributed by atoms with Crippen LogP contribution in [0.4, 0.5) is 5.82 Å². The number of allylic oxidation sites excluding steroid dienone is 1. The summed E-state index contributed by atoms with van der Waals surface area (Å²) in [5.74, 6) is 1.54. The van der Waals surface area contributed by atoms with Crippen molar-refractivity contribution in [2.24, 2.45) is 0 Å². The van der Waals surface area contributed by atoms with E-state index in [1.807, 2.05) is 44.2 Å². The van der Waals surface area contributed by atoms with Gasteiger partial charge in [-0.1, -0.05) is 18.7 Å². The van der Waals surface area contributed by atoms with E-state index in [0.29, 0.717) is 5.95 Å². The van der Waals surface area contributed by atoms with E-state index in [9.17, 15) is 0 Å². The molecule has 0 aliphatic carbocycles. The van der Waals surface area contributed by atoms with Crippen molar-refractivity contribution in [3.63, 3.8) is 0 Å². The van der Waals surface area contributed by atoms with Crippen LogP contribution in [0.25, 0.3) is 17.0 Å². The molecule has 0 radical (unpaired) electrons. The van der Waals surface area contributed by atoms with Crippen molar-refractivity contribution >= 4 is 16.9 Å². The molecule has 0 amide bonds. The Morgan fingerprint density at radius 1 is 1.37 bits per heavy atom. The third-order valence-corrected chi connectivity index (χ3v) is 2.75. The number of para-hydroxylation sites is 2. The molecular formula is C14H15N5. The molecule has 0 bridgehead atoms. The Kier molecular flexibility index (Phi) is 2.59. The second-order valence-corrected chi connectivity index (χ2v) is 4.57. The van der Waals surface area contributed by atoms with E-state index in [2.05, 4.69) is 27.0 Å². The number of nitrogens with one attached hydrogen (secondary N) is 2. The van der Waals surface area contributed by atoms with Gasteiger partial charge < -0.3 is 10.3 Å². The molecular weight excluding hydrogens is 238 g/mol. The molecule has 0 spiro atoms. The summed E-state index contributed by atoms with van der Waals surface area (Å²) in [5.41, 5.74) is 3.69. The van der Waals surface area contributed by atoms with E-state index in [1.165, 1.54) is 0 Å². The molecule has 2 heterocycles. The Bertz CT molecular complexity index is 717. The van der Waals surface area contributed by atoms with Crippen molar-refractivity contribution in [3.05, 3.63) is 48.3 Å². The molecule has 0 unspecified atom stereocenters. The Labute approximate surface area is 111 Å². The Balaban J connectivity index is 2.12. The highest BCUT2D eigenvalue weighted by Gasteiger charge is 2.11. The van der Waals surface area contributed by atoms with Gasteiger partial charge in [0.25, 0.3) is 0 Å². The van der Waals surface area contributed by atoms with Gasteiger partial charge >= 0.3 is 0 Å². The number of fused-ring (bicyclic) bond motifs is 1.